The van der Waals surface area contributed by atoms with E-state index in [0.717, 1.165) is 25.9 Å². The molecule has 0 rings (SSSR count). The Balaban J connectivity index is 4.24. The largest absolute Gasteiger partial charge is 0.352 e. The van der Waals surface area contributed by atoms with E-state index in [1.165, 1.54) is 6.08 Å². The average Bonchev–Trinajstić information content (AvgIpc) is 2.44. The fraction of sp³-hybridized carbons (Fsp3) is 0.800. The van der Waals surface area contributed by atoms with Crippen molar-refractivity contribution in [3.63, 3.8) is 0 Å². The van der Waals surface area contributed by atoms with Crippen LogP contribution in [0.4, 0.5) is 0 Å². The van der Waals surface area contributed by atoms with E-state index in [1.54, 1.807) is 0 Å². The molecule has 0 spiro atoms. The summed E-state index contributed by atoms with van der Waals surface area (Å²) in [6.07, 6.45) is 3.38. The highest BCUT2D eigenvalue weighted by molar-refractivity contribution is 5.86. The Bertz CT molecular complexity index is 287. The molecule has 19 heavy (non-hydrogen) atoms. The molecule has 0 bridgehead atoms. The van der Waals surface area contributed by atoms with Gasteiger partial charge < -0.3 is 16.4 Å². The predicted octanol–water partition coefficient (Wildman–Crippen LogP) is 1.67. The van der Waals surface area contributed by atoms with Crippen molar-refractivity contribution >= 4 is 5.91 Å². The summed E-state index contributed by atoms with van der Waals surface area (Å²) in [5.74, 6) is -0.111. The lowest BCUT2D eigenvalue weighted by atomic mass is 9.85. The third-order valence-corrected chi connectivity index (χ3v) is 4.18. The first-order chi connectivity index (χ1) is 8.84. The molecular weight excluding hydrogens is 238 g/mol. The van der Waals surface area contributed by atoms with Gasteiger partial charge in [0.1, 0.15) is 0 Å². The first kappa shape index (κ1) is 18.1. The van der Waals surface area contributed by atoms with Gasteiger partial charge in [-0.15, -0.1) is 0 Å². The van der Waals surface area contributed by atoms with Gasteiger partial charge in [-0.2, -0.15) is 0 Å². The maximum absolute atomic E-state index is 11.2. The van der Waals surface area contributed by atoms with Crippen LogP contribution >= 0.6 is 0 Å². The summed E-state index contributed by atoms with van der Waals surface area (Å²) in [4.78, 5) is 11.2. The van der Waals surface area contributed by atoms with Crippen LogP contribution in [0.3, 0.4) is 0 Å². The Labute approximate surface area is 118 Å². The van der Waals surface area contributed by atoms with Gasteiger partial charge >= 0.3 is 0 Å². The first-order valence-electron chi connectivity index (χ1n) is 7.16. The number of carbonyl (C=O) groups excluding carboxylic acids is 1. The Kier molecular flexibility index (Phi) is 7.95. The zero-order valence-corrected chi connectivity index (χ0v) is 13.0. The molecule has 112 valence electrons. The van der Waals surface area contributed by atoms with Gasteiger partial charge in [-0.1, -0.05) is 34.3 Å². The molecule has 4 N–H and O–H groups in total. The Morgan fingerprint density at radius 1 is 1.16 bits per heavy atom. The van der Waals surface area contributed by atoms with Gasteiger partial charge in [-0.25, -0.2) is 0 Å². The second-order valence-corrected chi connectivity index (χ2v) is 6.06. The molecule has 4 nitrogen and oxygen atoms in total. The summed E-state index contributed by atoms with van der Waals surface area (Å²) in [5, 5.41) is 6.38. The summed E-state index contributed by atoms with van der Waals surface area (Å²) >= 11 is 0. The third kappa shape index (κ3) is 6.73. The number of hydrogen-bond acceptors (Lipinski definition) is 3. The molecule has 0 aromatic heterocycles. The van der Waals surface area contributed by atoms with E-state index in [9.17, 15) is 4.79 Å². The van der Waals surface area contributed by atoms with Crippen molar-refractivity contribution in [2.24, 2.45) is 16.6 Å². The number of hydrogen-bond donors (Lipinski definition) is 3. The van der Waals surface area contributed by atoms with E-state index in [0.29, 0.717) is 13.1 Å². The maximum Gasteiger partial charge on any atom is 0.243 e. The number of amides is 1. The molecule has 0 radical (unpaired) electrons. The average molecular weight is 269 g/mol. The third-order valence-electron chi connectivity index (χ3n) is 4.18. The molecule has 0 fully saturated rings. The van der Waals surface area contributed by atoms with Crippen molar-refractivity contribution in [3.05, 3.63) is 12.7 Å². The van der Waals surface area contributed by atoms with Crippen molar-refractivity contribution in [2.45, 2.75) is 40.5 Å². The minimum absolute atomic E-state index is 0.0575. The topological polar surface area (TPSA) is 67.2 Å². The van der Waals surface area contributed by atoms with Gasteiger partial charge in [-0.3, -0.25) is 4.79 Å². The summed E-state index contributed by atoms with van der Waals surface area (Å²) in [7, 11) is 0. The van der Waals surface area contributed by atoms with E-state index in [4.69, 9.17) is 5.73 Å². The second kappa shape index (κ2) is 8.33. The molecule has 0 saturated heterocycles. The van der Waals surface area contributed by atoms with Crippen LogP contribution in [0.25, 0.3) is 0 Å². The molecule has 1 amide bonds. The molecule has 0 aromatic rings. The van der Waals surface area contributed by atoms with E-state index in [2.05, 4.69) is 44.9 Å². The van der Waals surface area contributed by atoms with Crippen LogP contribution in [0.5, 0.6) is 0 Å². The van der Waals surface area contributed by atoms with Gasteiger partial charge in [0.15, 0.2) is 0 Å². The SMILES string of the molecule is C=CC(=O)NCC(C)(CC)CNCC(C)(CC)CN. The predicted molar refractivity (Wildman–Crippen MR) is 81.9 cm³/mol. The lowest BCUT2D eigenvalue weighted by Crippen LogP contribution is -2.45. The Hall–Kier alpha value is -0.870. The van der Waals surface area contributed by atoms with Crippen LogP contribution < -0.4 is 16.4 Å². The van der Waals surface area contributed by atoms with Gasteiger partial charge in [0.2, 0.25) is 5.91 Å². The molecule has 2 atom stereocenters. The Morgan fingerprint density at radius 2 is 1.68 bits per heavy atom. The van der Waals surface area contributed by atoms with Crippen molar-refractivity contribution in [1.82, 2.24) is 10.6 Å². The molecule has 0 heterocycles. The fourth-order valence-corrected chi connectivity index (χ4v) is 1.69. The minimum atomic E-state index is -0.111. The number of nitrogens with one attached hydrogen (secondary N) is 2. The van der Waals surface area contributed by atoms with E-state index >= 15 is 0 Å². The van der Waals surface area contributed by atoms with Crippen molar-refractivity contribution < 1.29 is 4.79 Å². The van der Waals surface area contributed by atoms with Crippen molar-refractivity contribution in [3.8, 4) is 0 Å². The summed E-state index contributed by atoms with van der Waals surface area (Å²) < 4.78 is 0. The lowest BCUT2D eigenvalue weighted by molar-refractivity contribution is -0.116. The van der Waals surface area contributed by atoms with Crippen LogP contribution in [0.1, 0.15) is 40.5 Å². The van der Waals surface area contributed by atoms with Gasteiger partial charge in [-0.05, 0) is 36.3 Å². The highest BCUT2D eigenvalue weighted by Crippen LogP contribution is 2.21. The number of nitrogens with two attached hydrogens (primary N) is 1. The number of carbonyl (C=O) groups is 1. The molecule has 0 aliphatic rings. The highest BCUT2D eigenvalue weighted by atomic mass is 16.1. The fourth-order valence-electron chi connectivity index (χ4n) is 1.69. The zero-order chi connectivity index (χ0) is 14.9. The van der Waals surface area contributed by atoms with Crippen LogP contribution in [0.2, 0.25) is 0 Å². The molecule has 0 aromatic carbocycles. The highest BCUT2D eigenvalue weighted by Gasteiger charge is 2.25. The van der Waals surface area contributed by atoms with E-state index in [-0.39, 0.29) is 16.7 Å². The van der Waals surface area contributed by atoms with Crippen LogP contribution in [-0.2, 0) is 4.79 Å². The Morgan fingerprint density at radius 3 is 2.11 bits per heavy atom. The lowest BCUT2D eigenvalue weighted by Gasteiger charge is -2.32. The van der Waals surface area contributed by atoms with Crippen LogP contribution in [0.15, 0.2) is 12.7 Å². The van der Waals surface area contributed by atoms with Crippen molar-refractivity contribution in [1.29, 1.82) is 0 Å². The van der Waals surface area contributed by atoms with Gasteiger partial charge in [0.25, 0.3) is 0 Å². The normalized spacial score (nSPS) is 17.3. The molecular formula is C15H31N3O. The number of rotatable bonds is 10. The van der Waals surface area contributed by atoms with Crippen molar-refractivity contribution in [2.75, 3.05) is 26.2 Å². The zero-order valence-electron chi connectivity index (χ0n) is 13.0. The smallest absolute Gasteiger partial charge is 0.243 e. The first-order valence-corrected chi connectivity index (χ1v) is 7.16. The minimum Gasteiger partial charge on any atom is -0.352 e. The molecule has 0 aliphatic heterocycles. The quantitative estimate of drug-likeness (QED) is 0.529. The summed E-state index contributed by atoms with van der Waals surface area (Å²) in [5.41, 5.74) is 6.02. The molecule has 2 unspecified atom stereocenters. The van der Waals surface area contributed by atoms with E-state index < -0.39 is 0 Å². The summed E-state index contributed by atoms with van der Waals surface area (Å²) in [6.45, 7) is 15.3. The monoisotopic (exact) mass is 269 g/mol. The van der Waals surface area contributed by atoms with E-state index in [1.807, 2.05) is 0 Å². The second-order valence-electron chi connectivity index (χ2n) is 6.06. The molecule has 0 saturated carbocycles. The molecule has 4 heteroatoms. The van der Waals surface area contributed by atoms with Crippen LogP contribution in [0, 0.1) is 10.8 Å². The maximum atomic E-state index is 11.2. The van der Waals surface area contributed by atoms with Gasteiger partial charge in [0, 0.05) is 19.6 Å². The standard InChI is InChI=1S/C15H31N3O/c1-6-13(19)18-12-15(5,8-3)11-17-10-14(4,7-2)9-16/h6,17H,1,7-12,16H2,2-5H3,(H,18,19). The van der Waals surface area contributed by atoms with Gasteiger partial charge in [0.05, 0.1) is 0 Å². The summed E-state index contributed by atoms with van der Waals surface area (Å²) in [6, 6.07) is 0. The molecule has 0 aliphatic carbocycles. The van der Waals surface area contributed by atoms with Crippen LogP contribution in [-0.4, -0.2) is 32.1 Å².